The van der Waals surface area contributed by atoms with Gasteiger partial charge in [-0.15, -0.1) is 0 Å². The summed E-state index contributed by atoms with van der Waals surface area (Å²) >= 11 is 0. The molecule has 13 heteroatoms. The summed E-state index contributed by atoms with van der Waals surface area (Å²) in [5.41, 5.74) is 1.36. The summed E-state index contributed by atoms with van der Waals surface area (Å²) in [5.74, 6) is -5.00. The van der Waals surface area contributed by atoms with Crippen LogP contribution in [0, 0.1) is 35.5 Å². The molecule has 4 N–H and O–H groups in total. The van der Waals surface area contributed by atoms with Gasteiger partial charge in [-0.1, -0.05) is 71.1 Å². The molecule has 4 rings (SSSR count). The van der Waals surface area contributed by atoms with Gasteiger partial charge in [0.15, 0.2) is 11.6 Å². The normalized spacial score (nSPS) is 41.6. The molecule has 4 aliphatic rings. The van der Waals surface area contributed by atoms with Crippen LogP contribution in [0.4, 0.5) is 0 Å². The standard InChI is InChI=1S/C49H77NO12/c1-29-14-11-10-12-15-30(2)42(59-8)26-37-19-17-35(7)49(58,62-37)28-44(54)50-21-13-16-38(50)48(57)61-43(32(4)24-36-18-20-39(51)41(53)25-36)27-40(52)31(3)23-34(6)46(56)47(60-9)45(55)33(5)22-29/h10-12,14-15,23,29,31-33,35-39,41-43,46-47,51,53,56,58H,13,16-22,24-28H2,1-9H3/b12-10+,14-11-,30-15+,34-23-/t29-,31-,32-,33-,35-,36?,37+,38+,39+,41+,42+,43+,46-,47+,49+/m1/s1. The van der Waals surface area contributed by atoms with Crippen molar-refractivity contribution in [2.24, 2.45) is 35.5 Å². The lowest BCUT2D eigenvalue weighted by molar-refractivity contribution is -0.283. The highest BCUT2D eigenvalue weighted by Gasteiger charge is 2.47. The predicted octanol–water partition coefficient (Wildman–Crippen LogP) is 5.96. The van der Waals surface area contributed by atoms with Crippen LogP contribution in [0.25, 0.3) is 0 Å². The largest absolute Gasteiger partial charge is 0.460 e. The number of hydrogen-bond donors (Lipinski definition) is 4. The Bertz CT molecular complexity index is 1640. The minimum absolute atomic E-state index is 0.0361. The molecule has 1 amide bonds. The van der Waals surface area contributed by atoms with Gasteiger partial charge in [0.2, 0.25) is 5.91 Å². The molecule has 0 aromatic heterocycles. The van der Waals surface area contributed by atoms with Crippen molar-refractivity contribution in [3.8, 4) is 0 Å². The number of cyclic esters (lactones) is 1. The second kappa shape index (κ2) is 23.8. The average molecular weight is 872 g/mol. The lowest BCUT2D eigenvalue weighted by Gasteiger charge is -2.43. The van der Waals surface area contributed by atoms with Gasteiger partial charge in [0.25, 0.3) is 0 Å². The summed E-state index contributed by atoms with van der Waals surface area (Å²) in [6.07, 6.45) is 10.6. The van der Waals surface area contributed by atoms with E-state index in [4.69, 9.17) is 18.9 Å². The molecule has 3 aliphatic heterocycles. The van der Waals surface area contributed by atoms with Crippen LogP contribution in [0.3, 0.4) is 0 Å². The number of rotatable bonds is 5. The summed E-state index contributed by atoms with van der Waals surface area (Å²) < 4.78 is 24.0. The van der Waals surface area contributed by atoms with Crippen LogP contribution in [0.5, 0.6) is 0 Å². The molecule has 3 heterocycles. The highest BCUT2D eigenvalue weighted by molar-refractivity contribution is 5.87. The highest BCUT2D eigenvalue weighted by Crippen LogP contribution is 2.39. The summed E-state index contributed by atoms with van der Waals surface area (Å²) in [6.45, 7) is 13.2. The fourth-order valence-corrected chi connectivity index (χ4v) is 9.81. The third kappa shape index (κ3) is 14.0. The number of fused-ring (bicyclic) bond motifs is 3. The van der Waals surface area contributed by atoms with Gasteiger partial charge < -0.3 is 44.3 Å². The fourth-order valence-electron chi connectivity index (χ4n) is 9.81. The van der Waals surface area contributed by atoms with Crippen molar-refractivity contribution in [1.82, 2.24) is 4.90 Å². The first kappa shape index (κ1) is 51.6. The minimum atomic E-state index is -1.75. The van der Waals surface area contributed by atoms with Crippen LogP contribution in [0.1, 0.15) is 126 Å². The average Bonchev–Trinajstić information content (AvgIpc) is 3.72. The number of ketones is 2. The third-order valence-electron chi connectivity index (χ3n) is 14.0. The summed E-state index contributed by atoms with van der Waals surface area (Å²) in [6, 6.07) is -0.912. The first-order valence-corrected chi connectivity index (χ1v) is 23.0. The van der Waals surface area contributed by atoms with Crippen LogP contribution >= 0.6 is 0 Å². The second-order valence-electron chi connectivity index (χ2n) is 19.1. The van der Waals surface area contributed by atoms with E-state index in [-0.39, 0.29) is 60.3 Å². The van der Waals surface area contributed by atoms with Crippen molar-refractivity contribution in [2.45, 2.75) is 180 Å². The monoisotopic (exact) mass is 872 g/mol. The Morgan fingerprint density at radius 3 is 2.27 bits per heavy atom. The van der Waals surface area contributed by atoms with Crippen molar-refractivity contribution < 1.29 is 58.6 Å². The van der Waals surface area contributed by atoms with Gasteiger partial charge in [-0.25, -0.2) is 4.79 Å². The number of allylic oxidation sites excluding steroid dienone is 6. The maximum absolute atomic E-state index is 14.1. The Hall–Kier alpha value is -3.04. The minimum Gasteiger partial charge on any atom is -0.460 e. The molecule has 3 fully saturated rings. The van der Waals surface area contributed by atoms with Crippen molar-refractivity contribution in [3.63, 3.8) is 0 Å². The second-order valence-corrected chi connectivity index (χ2v) is 19.1. The number of hydrogen-bond acceptors (Lipinski definition) is 12. The molecule has 0 aromatic carbocycles. The molecule has 350 valence electrons. The van der Waals surface area contributed by atoms with Crippen LogP contribution < -0.4 is 0 Å². The number of aliphatic hydroxyl groups excluding tert-OH is 3. The van der Waals surface area contributed by atoms with Crippen LogP contribution in [-0.2, 0) is 38.1 Å². The molecular weight excluding hydrogens is 795 g/mol. The smallest absolute Gasteiger partial charge is 0.329 e. The molecule has 1 aliphatic carbocycles. The maximum atomic E-state index is 14.1. The van der Waals surface area contributed by atoms with Crippen molar-refractivity contribution in [2.75, 3.05) is 20.8 Å². The molecule has 0 radical (unpaired) electrons. The fraction of sp³-hybridized carbons (Fsp3) is 0.755. The number of aliphatic hydroxyl groups is 4. The van der Waals surface area contributed by atoms with Gasteiger partial charge in [0.1, 0.15) is 30.1 Å². The van der Waals surface area contributed by atoms with Gasteiger partial charge in [-0.05, 0) is 101 Å². The number of ether oxygens (including phenoxy) is 4. The Balaban J connectivity index is 1.65. The van der Waals surface area contributed by atoms with E-state index in [0.717, 1.165) is 5.57 Å². The topological polar surface area (TPSA) is 189 Å². The molecule has 0 spiro atoms. The molecule has 0 aromatic rings. The quantitative estimate of drug-likeness (QED) is 0.188. The third-order valence-corrected chi connectivity index (χ3v) is 14.0. The van der Waals surface area contributed by atoms with Crippen molar-refractivity contribution >= 4 is 23.4 Å². The number of esters is 1. The van der Waals surface area contributed by atoms with Gasteiger partial charge in [0.05, 0.1) is 30.8 Å². The zero-order chi connectivity index (χ0) is 45.9. The highest BCUT2D eigenvalue weighted by atomic mass is 16.6. The lowest BCUT2D eigenvalue weighted by atomic mass is 9.78. The van der Waals surface area contributed by atoms with Gasteiger partial charge in [0, 0.05) is 51.4 Å². The van der Waals surface area contributed by atoms with Crippen molar-refractivity contribution in [1.29, 1.82) is 0 Å². The molecule has 1 saturated carbocycles. The number of amides is 1. The molecule has 2 saturated heterocycles. The summed E-state index contributed by atoms with van der Waals surface area (Å²) in [7, 11) is 3.02. The molecule has 2 bridgehead atoms. The van der Waals surface area contributed by atoms with E-state index in [0.29, 0.717) is 76.3 Å². The molecule has 13 nitrogen and oxygen atoms in total. The van der Waals surface area contributed by atoms with E-state index < -0.39 is 66.1 Å². The first-order chi connectivity index (χ1) is 29.3. The van der Waals surface area contributed by atoms with Crippen LogP contribution in [0.2, 0.25) is 0 Å². The number of methoxy groups -OCH3 is 2. The van der Waals surface area contributed by atoms with Crippen LogP contribution in [-0.4, -0.2) is 124 Å². The lowest BCUT2D eigenvalue weighted by Crippen LogP contribution is -2.52. The Morgan fingerprint density at radius 2 is 1.60 bits per heavy atom. The zero-order valence-corrected chi connectivity index (χ0v) is 38.7. The number of carbonyl (C=O) groups is 4. The molecule has 1 unspecified atom stereocenters. The van der Waals surface area contributed by atoms with E-state index in [1.165, 1.54) is 12.0 Å². The van der Waals surface area contributed by atoms with E-state index in [1.807, 2.05) is 65.0 Å². The predicted molar refractivity (Wildman–Crippen MR) is 235 cm³/mol. The molecule has 15 atom stereocenters. The van der Waals surface area contributed by atoms with Gasteiger partial charge in [-0.2, -0.15) is 0 Å². The SMILES string of the molecule is CO[C@H]1C[C@@H]2CC[C@@H](C)[C@](O)(CC(=O)N3CCC[C@H]3C(=O)O[C@H]([C@H](C)CC3CC[C@H](O)[C@@H](O)C3)CC(=O)[C@H](C)/C=C(/C)[C@@H](O)[C@@H](OC)C(=O)[C@H](C)C[C@H](C)\C=C/C=C/C=C/1C)O2. The Kier molecular flexibility index (Phi) is 19.8. The Morgan fingerprint density at radius 1 is 0.871 bits per heavy atom. The zero-order valence-electron chi connectivity index (χ0n) is 38.7. The first-order valence-electron chi connectivity index (χ1n) is 23.0. The summed E-state index contributed by atoms with van der Waals surface area (Å²) in [5, 5.41) is 43.9. The number of Topliss-reactive ketones (excluding diaryl/α,β-unsaturated/α-hetero) is 2. The summed E-state index contributed by atoms with van der Waals surface area (Å²) in [4.78, 5) is 57.3. The van der Waals surface area contributed by atoms with Gasteiger partial charge >= 0.3 is 5.97 Å². The maximum Gasteiger partial charge on any atom is 0.329 e. The van der Waals surface area contributed by atoms with E-state index >= 15 is 0 Å². The number of nitrogens with zero attached hydrogens (tertiary/aromatic N) is 1. The van der Waals surface area contributed by atoms with Gasteiger partial charge in [-0.3, -0.25) is 14.4 Å². The number of carbonyl (C=O) groups excluding carboxylic acids is 4. The molecule has 62 heavy (non-hydrogen) atoms. The van der Waals surface area contributed by atoms with Crippen molar-refractivity contribution in [3.05, 3.63) is 47.6 Å². The van der Waals surface area contributed by atoms with E-state index in [1.54, 1.807) is 27.0 Å². The van der Waals surface area contributed by atoms with Crippen LogP contribution in [0.15, 0.2) is 47.6 Å². The molecular formula is C49H77NO12. The Labute approximate surface area is 370 Å². The van der Waals surface area contributed by atoms with E-state index in [9.17, 15) is 39.6 Å². The van der Waals surface area contributed by atoms with E-state index in [2.05, 4.69) is 0 Å².